The van der Waals surface area contributed by atoms with Gasteiger partial charge in [-0.2, -0.15) is 5.26 Å². The predicted octanol–water partition coefficient (Wildman–Crippen LogP) is 13.8. The Morgan fingerprint density at radius 1 is 0.527 bits per heavy atom. The summed E-state index contributed by atoms with van der Waals surface area (Å²) in [4.78, 5) is 5.28. The van der Waals surface area contributed by atoms with Gasteiger partial charge in [-0.05, 0) is 111 Å². The van der Waals surface area contributed by atoms with Gasteiger partial charge in [0.1, 0.15) is 0 Å². The largest absolute Gasteiger partial charge is 0.309 e. The summed E-state index contributed by atoms with van der Waals surface area (Å²) in [5.41, 5.74) is 10.3. The van der Waals surface area contributed by atoms with Crippen LogP contribution in [0.3, 0.4) is 0 Å². The third kappa shape index (κ3) is 5.40. The van der Waals surface area contributed by atoms with Crippen molar-refractivity contribution in [1.82, 2.24) is 9.55 Å². The maximum atomic E-state index is 9.76. The Hall–Kier alpha value is -7.54. The van der Waals surface area contributed by atoms with Gasteiger partial charge in [0.2, 0.25) is 0 Å². The van der Waals surface area contributed by atoms with Gasteiger partial charge in [-0.3, -0.25) is 0 Å². The minimum absolute atomic E-state index is 0.645. The zero-order valence-electron chi connectivity index (χ0n) is 29.9. The molecule has 0 saturated heterocycles. The van der Waals surface area contributed by atoms with Crippen LogP contribution < -0.4 is 0 Å². The standard InChI is InChI=1S/C52H33N3/c1-2-3-4-8-22-48-47-32-44(41-20-11-12-21-43(41)52(47)46-30-36-14-9-10-15-37(36)31-49(46)54-48)39-17-13-16-35(28-39)38-24-26-50-45(29-38)42-25-23-34(33-53)27-51(42)55(50)40-18-6-5-7-19-40/h2-32H,1H2/b4-3-,22-8+. The molecule has 0 aliphatic rings. The van der Waals surface area contributed by atoms with E-state index in [1.54, 1.807) is 6.08 Å². The molecule has 10 rings (SSSR count). The highest BCUT2D eigenvalue weighted by Gasteiger charge is 2.17. The molecule has 0 radical (unpaired) electrons. The molecule has 2 aromatic heterocycles. The van der Waals surface area contributed by atoms with Crippen LogP contribution in [0.2, 0.25) is 0 Å². The lowest BCUT2D eigenvalue weighted by Gasteiger charge is -2.16. The van der Waals surface area contributed by atoms with Gasteiger partial charge in [-0.15, -0.1) is 0 Å². The van der Waals surface area contributed by atoms with Crippen LogP contribution in [-0.4, -0.2) is 9.55 Å². The van der Waals surface area contributed by atoms with E-state index in [0.717, 1.165) is 71.7 Å². The molecule has 0 bridgehead atoms. The molecule has 0 spiro atoms. The van der Waals surface area contributed by atoms with E-state index in [9.17, 15) is 5.26 Å². The first-order valence-corrected chi connectivity index (χ1v) is 18.5. The molecule has 0 atom stereocenters. The van der Waals surface area contributed by atoms with Gasteiger partial charge in [-0.1, -0.05) is 128 Å². The van der Waals surface area contributed by atoms with E-state index in [4.69, 9.17) is 4.98 Å². The molecule has 0 saturated carbocycles. The zero-order valence-corrected chi connectivity index (χ0v) is 29.9. The second-order valence-corrected chi connectivity index (χ2v) is 13.9. The smallest absolute Gasteiger partial charge is 0.0992 e. The van der Waals surface area contributed by atoms with Crippen LogP contribution in [-0.2, 0) is 0 Å². The lowest BCUT2D eigenvalue weighted by Crippen LogP contribution is -1.93. The van der Waals surface area contributed by atoms with Crippen LogP contribution >= 0.6 is 0 Å². The Kier molecular flexibility index (Phi) is 7.68. The second kappa shape index (κ2) is 13.1. The summed E-state index contributed by atoms with van der Waals surface area (Å²) < 4.78 is 2.26. The molecule has 8 aromatic carbocycles. The van der Waals surface area contributed by atoms with E-state index in [1.165, 1.54) is 26.9 Å². The molecule has 10 aromatic rings. The van der Waals surface area contributed by atoms with Gasteiger partial charge >= 0.3 is 0 Å². The number of allylic oxidation sites excluding steroid dienone is 4. The van der Waals surface area contributed by atoms with Gasteiger partial charge in [0, 0.05) is 32.6 Å². The van der Waals surface area contributed by atoms with Crippen molar-refractivity contribution in [3.8, 4) is 34.0 Å². The lowest BCUT2D eigenvalue weighted by molar-refractivity contribution is 1.18. The lowest BCUT2D eigenvalue weighted by atomic mass is 9.89. The summed E-state index contributed by atoms with van der Waals surface area (Å²) in [5, 5.41) is 20.3. The van der Waals surface area contributed by atoms with Gasteiger partial charge < -0.3 is 4.57 Å². The number of fused-ring (bicyclic) bond motifs is 9. The fourth-order valence-corrected chi connectivity index (χ4v) is 8.23. The number of hydrogen-bond acceptors (Lipinski definition) is 2. The van der Waals surface area contributed by atoms with Crippen LogP contribution in [0.1, 0.15) is 11.3 Å². The van der Waals surface area contributed by atoms with E-state index in [-0.39, 0.29) is 0 Å². The number of pyridine rings is 1. The van der Waals surface area contributed by atoms with Crippen molar-refractivity contribution < 1.29 is 0 Å². The summed E-state index contributed by atoms with van der Waals surface area (Å²) in [5.74, 6) is 0. The Labute approximate surface area is 318 Å². The van der Waals surface area contributed by atoms with E-state index in [1.807, 2.05) is 36.4 Å². The molecule has 0 amide bonds. The van der Waals surface area contributed by atoms with Gasteiger partial charge in [0.25, 0.3) is 0 Å². The van der Waals surface area contributed by atoms with Gasteiger partial charge in [-0.25, -0.2) is 4.98 Å². The number of hydrogen-bond donors (Lipinski definition) is 0. The summed E-state index contributed by atoms with van der Waals surface area (Å²) in [6.07, 6.45) is 9.85. The van der Waals surface area contributed by atoms with Crippen molar-refractivity contribution in [1.29, 1.82) is 5.26 Å². The minimum Gasteiger partial charge on any atom is -0.309 e. The van der Waals surface area contributed by atoms with Crippen molar-refractivity contribution in [2.45, 2.75) is 0 Å². The number of benzene rings is 8. The second-order valence-electron chi connectivity index (χ2n) is 13.9. The van der Waals surface area contributed by atoms with E-state index in [2.05, 4.69) is 163 Å². The third-order valence-corrected chi connectivity index (χ3v) is 10.7. The maximum Gasteiger partial charge on any atom is 0.0992 e. The van der Waals surface area contributed by atoms with Crippen LogP contribution in [0.4, 0.5) is 0 Å². The number of rotatable bonds is 6. The Balaban J connectivity index is 1.19. The number of aromatic nitrogens is 2. The molecule has 55 heavy (non-hydrogen) atoms. The number of nitrogens with zero attached hydrogens (tertiary/aromatic N) is 3. The first kappa shape index (κ1) is 32.1. The Morgan fingerprint density at radius 3 is 2.13 bits per heavy atom. The molecule has 0 aliphatic carbocycles. The van der Waals surface area contributed by atoms with E-state index in [0.29, 0.717) is 5.56 Å². The summed E-state index contributed by atoms with van der Waals surface area (Å²) in [7, 11) is 0. The highest BCUT2D eigenvalue weighted by Crippen LogP contribution is 2.42. The molecular formula is C52H33N3. The predicted molar refractivity (Wildman–Crippen MR) is 233 cm³/mol. The minimum atomic E-state index is 0.645. The van der Waals surface area contributed by atoms with Gasteiger partial charge in [0.15, 0.2) is 0 Å². The van der Waals surface area contributed by atoms with Crippen molar-refractivity contribution in [3.63, 3.8) is 0 Å². The van der Waals surface area contributed by atoms with Crippen LogP contribution in [0.5, 0.6) is 0 Å². The SMILES string of the molecule is C=C/C=C\C=C\c1nc2cc3ccccc3cc2c2c1cc(-c1cccc(-c3ccc4c(c3)c3ccc(C#N)cc3n4-c3ccccc3)c1)c1ccccc12. The van der Waals surface area contributed by atoms with E-state index < -0.39 is 0 Å². The fraction of sp³-hybridized carbons (Fsp3) is 0. The highest BCUT2D eigenvalue weighted by atomic mass is 15.0. The normalized spacial score (nSPS) is 11.9. The molecule has 0 unspecified atom stereocenters. The summed E-state index contributed by atoms with van der Waals surface area (Å²) >= 11 is 0. The molecule has 0 aliphatic heterocycles. The molecule has 3 heteroatoms. The first-order chi connectivity index (χ1) is 27.2. The number of nitriles is 1. The van der Waals surface area contributed by atoms with Crippen molar-refractivity contribution in [3.05, 3.63) is 200 Å². The zero-order chi connectivity index (χ0) is 36.9. The van der Waals surface area contributed by atoms with Crippen molar-refractivity contribution in [2.75, 3.05) is 0 Å². The van der Waals surface area contributed by atoms with Crippen LogP contribution in [0.15, 0.2) is 189 Å². The molecule has 3 nitrogen and oxygen atoms in total. The average Bonchev–Trinajstić information content (AvgIpc) is 3.57. The topological polar surface area (TPSA) is 41.6 Å². The molecule has 256 valence electrons. The Morgan fingerprint density at radius 2 is 1.29 bits per heavy atom. The molecule has 0 N–H and O–H groups in total. The van der Waals surface area contributed by atoms with E-state index >= 15 is 0 Å². The quantitative estimate of drug-likeness (QED) is 0.0985. The van der Waals surface area contributed by atoms with Crippen LogP contribution in [0.25, 0.3) is 99.0 Å². The third-order valence-electron chi connectivity index (χ3n) is 10.7. The molecule has 0 fully saturated rings. The highest BCUT2D eigenvalue weighted by molar-refractivity contribution is 6.25. The summed E-state index contributed by atoms with van der Waals surface area (Å²) in [6.45, 7) is 3.83. The fourth-order valence-electron chi connectivity index (χ4n) is 8.23. The average molecular weight is 700 g/mol. The molecule has 2 heterocycles. The first-order valence-electron chi connectivity index (χ1n) is 18.5. The number of para-hydroxylation sites is 1. The monoisotopic (exact) mass is 699 g/mol. The van der Waals surface area contributed by atoms with Crippen molar-refractivity contribution >= 4 is 71.1 Å². The van der Waals surface area contributed by atoms with Crippen molar-refractivity contribution in [2.24, 2.45) is 0 Å². The van der Waals surface area contributed by atoms with Gasteiger partial charge in [0.05, 0.1) is 33.9 Å². The molecular weight excluding hydrogens is 667 g/mol. The Bertz CT molecular complexity index is 3280. The summed E-state index contributed by atoms with van der Waals surface area (Å²) in [6, 6.07) is 58.4. The maximum absolute atomic E-state index is 9.76. The van der Waals surface area contributed by atoms with Crippen LogP contribution in [0, 0.1) is 11.3 Å².